The van der Waals surface area contributed by atoms with Gasteiger partial charge in [-0.3, -0.25) is 4.90 Å². The summed E-state index contributed by atoms with van der Waals surface area (Å²) in [6, 6.07) is 21.3. The summed E-state index contributed by atoms with van der Waals surface area (Å²) in [7, 11) is 2.15. The molecule has 0 N–H and O–H groups in total. The lowest BCUT2D eigenvalue weighted by Gasteiger charge is -2.27. The van der Waals surface area contributed by atoms with E-state index >= 15 is 0 Å². The van der Waals surface area contributed by atoms with Gasteiger partial charge in [0.2, 0.25) is 0 Å². The van der Waals surface area contributed by atoms with Gasteiger partial charge in [-0.15, -0.1) is 0 Å². The lowest BCUT2D eigenvalue weighted by atomic mass is 10.1. The van der Waals surface area contributed by atoms with Crippen molar-refractivity contribution in [1.82, 2.24) is 14.5 Å². The minimum atomic E-state index is 1.01. The van der Waals surface area contributed by atoms with Gasteiger partial charge in [0, 0.05) is 32.1 Å². The van der Waals surface area contributed by atoms with Crippen LogP contribution in [0.4, 0.5) is 0 Å². The van der Waals surface area contributed by atoms with Crippen molar-refractivity contribution in [2.45, 2.75) is 25.8 Å². The van der Waals surface area contributed by atoms with Crippen LogP contribution in [0.15, 0.2) is 60.7 Å². The normalized spacial score (nSPS) is 14.4. The Kier molecular flexibility index (Phi) is 4.66. The quantitative estimate of drug-likeness (QED) is 0.702. The Morgan fingerprint density at radius 1 is 0.960 bits per heavy atom. The third-order valence-electron chi connectivity index (χ3n) is 5.15. The van der Waals surface area contributed by atoms with E-state index in [-0.39, 0.29) is 0 Å². The summed E-state index contributed by atoms with van der Waals surface area (Å²) in [4.78, 5) is 7.49. The molecule has 0 saturated heterocycles. The third kappa shape index (κ3) is 3.52. The summed E-state index contributed by atoms with van der Waals surface area (Å²) < 4.78 is 2.29. The molecule has 2 aromatic carbocycles. The van der Waals surface area contributed by atoms with Crippen LogP contribution in [0.25, 0.3) is 11.4 Å². The van der Waals surface area contributed by atoms with Crippen LogP contribution >= 0.6 is 0 Å². The van der Waals surface area contributed by atoms with Gasteiger partial charge in [-0.1, -0.05) is 60.7 Å². The molecule has 0 bridgehead atoms. The van der Waals surface area contributed by atoms with E-state index < -0.39 is 0 Å². The van der Waals surface area contributed by atoms with Crippen molar-refractivity contribution in [3.05, 3.63) is 77.6 Å². The fraction of sp³-hybridized carbons (Fsp3) is 0.318. The van der Waals surface area contributed by atoms with Gasteiger partial charge in [0.15, 0.2) is 0 Å². The molecule has 0 radical (unpaired) electrons. The van der Waals surface area contributed by atoms with E-state index in [9.17, 15) is 0 Å². The van der Waals surface area contributed by atoms with Crippen LogP contribution in [0.1, 0.15) is 23.4 Å². The summed E-state index contributed by atoms with van der Waals surface area (Å²) in [5, 5.41) is 0. The molecule has 4 rings (SSSR count). The predicted octanol–water partition coefficient (Wildman–Crippen LogP) is 4.08. The van der Waals surface area contributed by atoms with Crippen molar-refractivity contribution < 1.29 is 0 Å². The van der Waals surface area contributed by atoms with Gasteiger partial charge in [0.05, 0.1) is 11.4 Å². The zero-order valence-corrected chi connectivity index (χ0v) is 14.9. The van der Waals surface area contributed by atoms with Crippen LogP contribution in [0.2, 0.25) is 0 Å². The number of imidazole rings is 1. The third-order valence-corrected chi connectivity index (χ3v) is 5.15. The van der Waals surface area contributed by atoms with Crippen molar-refractivity contribution in [2.24, 2.45) is 7.05 Å². The van der Waals surface area contributed by atoms with E-state index in [2.05, 4.69) is 77.2 Å². The Morgan fingerprint density at radius 2 is 1.68 bits per heavy atom. The Balaban J connectivity index is 1.42. The van der Waals surface area contributed by atoms with E-state index in [1.54, 1.807) is 0 Å². The van der Waals surface area contributed by atoms with Crippen LogP contribution in [0.5, 0.6) is 0 Å². The molecule has 2 heterocycles. The van der Waals surface area contributed by atoms with Crippen molar-refractivity contribution in [3.63, 3.8) is 0 Å². The Labute approximate surface area is 149 Å². The molecule has 1 aromatic heterocycles. The molecule has 3 heteroatoms. The molecule has 1 aliphatic rings. The van der Waals surface area contributed by atoms with Gasteiger partial charge in [-0.05, 0) is 24.9 Å². The molecule has 0 saturated carbocycles. The highest BCUT2D eigenvalue weighted by atomic mass is 15.2. The minimum absolute atomic E-state index is 1.01. The number of fused-ring (bicyclic) bond motifs is 1. The van der Waals surface area contributed by atoms with Crippen molar-refractivity contribution >= 4 is 0 Å². The number of rotatable bonds is 5. The highest BCUT2D eigenvalue weighted by molar-refractivity contribution is 5.56. The Hall–Kier alpha value is -2.39. The number of hydrogen-bond acceptors (Lipinski definition) is 2. The van der Waals surface area contributed by atoms with E-state index in [1.165, 1.54) is 28.9 Å². The first-order valence-electron chi connectivity index (χ1n) is 9.17. The highest BCUT2D eigenvalue weighted by Crippen LogP contribution is 2.25. The largest absolute Gasteiger partial charge is 0.330 e. The van der Waals surface area contributed by atoms with E-state index in [4.69, 9.17) is 4.98 Å². The highest BCUT2D eigenvalue weighted by Gasteiger charge is 2.22. The van der Waals surface area contributed by atoms with Gasteiger partial charge < -0.3 is 4.57 Å². The van der Waals surface area contributed by atoms with Crippen LogP contribution in [-0.4, -0.2) is 27.5 Å². The molecule has 0 amide bonds. The lowest BCUT2D eigenvalue weighted by Crippen LogP contribution is -2.32. The maximum absolute atomic E-state index is 4.92. The Morgan fingerprint density at radius 3 is 2.44 bits per heavy atom. The molecule has 3 nitrogen and oxygen atoms in total. The van der Waals surface area contributed by atoms with Gasteiger partial charge in [0.1, 0.15) is 5.82 Å². The molecule has 0 spiro atoms. The second-order valence-corrected chi connectivity index (χ2v) is 6.87. The number of aryl methyl sites for hydroxylation is 1. The average molecular weight is 331 g/mol. The Bertz CT molecular complexity index is 821. The monoisotopic (exact) mass is 331 g/mol. The van der Waals surface area contributed by atoms with Crippen LogP contribution in [0, 0.1) is 0 Å². The van der Waals surface area contributed by atoms with Crippen molar-refractivity contribution in [2.75, 3.05) is 13.1 Å². The molecule has 3 aromatic rings. The molecule has 0 unspecified atom stereocenters. The number of aromatic nitrogens is 2. The predicted molar refractivity (Wildman–Crippen MR) is 102 cm³/mol. The van der Waals surface area contributed by atoms with Crippen LogP contribution in [0.3, 0.4) is 0 Å². The summed E-state index contributed by atoms with van der Waals surface area (Å²) in [5.74, 6) is 1.09. The lowest BCUT2D eigenvalue weighted by molar-refractivity contribution is 0.244. The number of nitrogens with zero attached hydrogens (tertiary/aromatic N) is 3. The van der Waals surface area contributed by atoms with E-state index in [0.29, 0.717) is 0 Å². The summed E-state index contributed by atoms with van der Waals surface area (Å²) in [6.07, 6.45) is 3.43. The molecule has 0 fully saturated rings. The van der Waals surface area contributed by atoms with E-state index in [0.717, 1.165) is 38.3 Å². The maximum atomic E-state index is 4.92. The molecule has 25 heavy (non-hydrogen) atoms. The molecule has 1 aliphatic heterocycles. The van der Waals surface area contributed by atoms with Gasteiger partial charge in [0.25, 0.3) is 0 Å². The zero-order valence-electron chi connectivity index (χ0n) is 14.9. The van der Waals surface area contributed by atoms with Crippen LogP contribution in [-0.2, 0) is 26.4 Å². The minimum Gasteiger partial charge on any atom is -0.330 e. The van der Waals surface area contributed by atoms with Gasteiger partial charge >= 0.3 is 0 Å². The van der Waals surface area contributed by atoms with Crippen LogP contribution < -0.4 is 0 Å². The summed E-state index contributed by atoms with van der Waals surface area (Å²) in [5.41, 5.74) is 5.30. The second kappa shape index (κ2) is 7.24. The molecule has 0 aliphatic carbocycles. The SMILES string of the molecule is Cn1c(-c2ccccc2)nc2c1CN(CCCc1ccccc1)CC2. The van der Waals surface area contributed by atoms with Crippen molar-refractivity contribution in [3.8, 4) is 11.4 Å². The molecular formula is C22H25N3. The maximum Gasteiger partial charge on any atom is 0.140 e. The average Bonchev–Trinajstić information content (AvgIpc) is 3.00. The second-order valence-electron chi connectivity index (χ2n) is 6.87. The van der Waals surface area contributed by atoms with Gasteiger partial charge in [-0.25, -0.2) is 4.98 Å². The van der Waals surface area contributed by atoms with Crippen molar-refractivity contribution in [1.29, 1.82) is 0 Å². The standard InChI is InChI=1S/C22H25N3/c1-24-21-17-25(15-8-11-18-9-4-2-5-10-18)16-14-20(21)23-22(24)19-12-6-3-7-13-19/h2-7,9-10,12-13H,8,11,14-17H2,1H3. The first kappa shape index (κ1) is 16.1. The number of benzene rings is 2. The first-order valence-corrected chi connectivity index (χ1v) is 9.17. The molecular weight excluding hydrogens is 306 g/mol. The fourth-order valence-electron chi connectivity index (χ4n) is 3.73. The smallest absolute Gasteiger partial charge is 0.140 e. The summed E-state index contributed by atoms with van der Waals surface area (Å²) >= 11 is 0. The molecule has 0 atom stereocenters. The zero-order chi connectivity index (χ0) is 17.1. The topological polar surface area (TPSA) is 21.1 Å². The molecule has 128 valence electrons. The number of hydrogen-bond donors (Lipinski definition) is 0. The fourth-order valence-corrected chi connectivity index (χ4v) is 3.73. The van der Waals surface area contributed by atoms with E-state index in [1.807, 2.05) is 0 Å². The summed E-state index contributed by atoms with van der Waals surface area (Å²) in [6.45, 7) is 3.29. The first-order chi connectivity index (χ1) is 12.3. The van der Waals surface area contributed by atoms with Gasteiger partial charge in [-0.2, -0.15) is 0 Å².